The van der Waals surface area contributed by atoms with Crippen LogP contribution in [0.4, 0.5) is 0 Å². The number of rotatable bonds is 4. The third kappa shape index (κ3) is 2.90. The fourth-order valence-corrected chi connectivity index (χ4v) is 3.02. The zero-order valence-electron chi connectivity index (χ0n) is 10.7. The van der Waals surface area contributed by atoms with E-state index in [-0.39, 0.29) is 0 Å². The second-order valence-corrected chi connectivity index (χ2v) is 5.42. The van der Waals surface area contributed by atoms with E-state index in [0.717, 1.165) is 19.0 Å². The van der Waals surface area contributed by atoms with Gasteiger partial charge in [-0.1, -0.05) is 30.3 Å². The number of benzene rings is 1. The van der Waals surface area contributed by atoms with Crippen LogP contribution in [0.3, 0.4) is 0 Å². The normalized spacial score (nSPS) is 31.2. The molecule has 1 aliphatic heterocycles. The van der Waals surface area contributed by atoms with E-state index in [0.29, 0.717) is 12.1 Å². The highest BCUT2D eigenvalue weighted by Crippen LogP contribution is 2.25. The molecule has 0 aromatic heterocycles. The monoisotopic (exact) mass is 246 g/mol. The summed E-state index contributed by atoms with van der Waals surface area (Å²) in [7, 11) is 0. The van der Waals surface area contributed by atoms with Crippen molar-refractivity contribution in [2.45, 2.75) is 37.9 Å². The number of hydrogen-bond donors (Lipinski definition) is 4. The highest BCUT2D eigenvalue weighted by molar-refractivity contribution is 5.14. The van der Waals surface area contributed by atoms with Gasteiger partial charge >= 0.3 is 0 Å². The standard InChI is InChI=1S/C14H22N4/c1-2-4-11(5-3-1)9-15-10-12-6-7-13-14(8-12)17-18-16-13/h1-5,12-18H,6-10H2. The number of hydrogen-bond acceptors (Lipinski definition) is 4. The van der Waals surface area contributed by atoms with Gasteiger partial charge in [0.05, 0.1) is 0 Å². The molecule has 4 heteroatoms. The zero-order valence-corrected chi connectivity index (χ0v) is 10.7. The Labute approximate surface area is 108 Å². The Kier molecular flexibility index (Phi) is 3.90. The van der Waals surface area contributed by atoms with E-state index >= 15 is 0 Å². The summed E-state index contributed by atoms with van der Waals surface area (Å²) < 4.78 is 0. The summed E-state index contributed by atoms with van der Waals surface area (Å²) in [6.07, 6.45) is 3.84. The second kappa shape index (κ2) is 5.80. The molecular weight excluding hydrogens is 224 g/mol. The first kappa shape index (κ1) is 12.1. The van der Waals surface area contributed by atoms with Gasteiger partial charge in [0.15, 0.2) is 0 Å². The zero-order chi connectivity index (χ0) is 12.2. The van der Waals surface area contributed by atoms with Crippen molar-refractivity contribution in [3.63, 3.8) is 0 Å². The van der Waals surface area contributed by atoms with Gasteiger partial charge < -0.3 is 5.32 Å². The average Bonchev–Trinajstić information content (AvgIpc) is 2.87. The van der Waals surface area contributed by atoms with Gasteiger partial charge in [0, 0.05) is 18.6 Å². The van der Waals surface area contributed by atoms with E-state index in [1.54, 1.807) is 0 Å². The van der Waals surface area contributed by atoms with Crippen LogP contribution in [0.5, 0.6) is 0 Å². The number of fused-ring (bicyclic) bond motifs is 1. The first-order valence-corrected chi connectivity index (χ1v) is 6.92. The molecule has 3 atom stereocenters. The first-order valence-electron chi connectivity index (χ1n) is 6.92. The summed E-state index contributed by atoms with van der Waals surface area (Å²) in [6, 6.07) is 11.8. The van der Waals surface area contributed by atoms with Crippen LogP contribution >= 0.6 is 0 Å². The Balaban J connectivity index is 1.41. The van der Waals surface area contributed by atoms with Gasteiger partial charge in [-0.3, -0.25) is 0 Å². The summed E-state index contributed by atoms with van der Waals surface area (Å²) in [5, 5.41) is 3.58. The molecule has 0 radical (unpaired) electrons. The van der Waals surface area contributed by atoms with Gasteiger partial charge in [-0.05, 0) is 37.3 Å². The predicted octanol–water partition coefficient (Wildman–Crippen LogP) is 0.926. The third-order valence-electron chi connectivity index (χ3n) is 4.08. The van der Waals surface area contributed by atoms with Crippen molar-refractivity contribution in [3.05, 3.63) is 35.9 Å². The molecule has 1 saturated heterocycles. The molecular formula is C14H22N4. The van der Waals surface area contributed by atoms with Crippen LogP contribution in [0.15, 0.2) is 30.3 Å². The Morgan fingerprint density at radius 2 is 1.89 bits per heavy atom. The van der Waals surface area contributed by atoms with E-state index in [9.17, 15) is 0 Å². The van der Waals surface area contributed by atoms with Crippen molar-refractivity contribution in [1.29, 1.82) is 0 Å². The number of nitrogens with one attached hydrogen (secondary N) is 4. The molecule has 3 unspecified atom stereocenters. The molecule has 18 heavy (non-hydrogen) atoms. The molecule has 3 rings (SSSR count). The quantitative estimate of drug-likeness (QED) is 0.638. The maximum Gasteiger partial charge on any atom is 0.0396 e. The van der Waals surface area contributed by atoms with Crippen molar-refractivity contribution in [2.75, 3.05) is 6.54 Å². The molecule has 0 amide bonds. The maximum atomic E-state index is 3.58. The summed E-state index contributed by atoms with van der Waals surface area (Å²) >= 11 is 0. The van der Waals surface area contributed by atoms with Crippen LogP contribution < -0.4 is 21.7 Å². The van der Waals surface area contributed by atoms with Gasteiger partial charge in [0.1, 0.15) is 0 Å². The molecule has 2 aliphatic rings. The van der Waals surface area contributed by atoms with Crippen molar-refractivity contribution >= 4 is 0 Å². The van der Waals surface area contributed by atoms with E-state index in [2.05, 4.69) is 52.0 Å². The topological polar surface area (TPSA) is 48.1 Å². The van der Waals surface area contributed by atoms with Crippen LogP contribution in [0.2, 0.25) is 0 Å². The largest absolute Gasteiger partial charge is 0.312 e. The molecule has 1 aromatic rings. The molecule has 0 bridgehead atoms. The highest BCUT2D eigenvalue weighted by Gasteiger charge is 2.33. The van der Waals surface area contributed by atoms with Crippen LogP contribution in [0.25, 0.3) is 0 Å². The lowest BCUT2D eigenvalue weighted by Crippen LogP contribution is -2.41. The van der Waals surface area contributed by atoms with E-state index in [4.69, 9.17) is 0 Å². The maximum absolute atomic E-state index is 3.58. The van der Waals surface area contributed by atoms with Crippen LogP contribution in [0, 0.1) is 5.92 Å². The lowest BCUT2D eigenvalue weighted by molar-refractivity contribution is 0.274. The molecule has 4 nitrogen and oxygen atoms in total. The van der Waals surface area contributed by atoms with Crippen molar-refractivity contribution < 1.29 is 0 Å². The van der Waals surface area contributed by atoms with Gasteiger partial charge in [-0.25, -0.2) is 10.9 Å². The lowest BCUT2D eigenvalue weighted by Gasteiger charge is -2.30. The second-order valence-electron chi connectivity index (χ2n) is 5.42. The van der Waals surface area contributed by atoms with Crippen molar-refractivity contribution in [2.24, 2.45) is 5.92 Å². The molecule has 0 spiro atoms. The van der Waals surface area contributed by atoms with Gasteiger partial charge in [0.25, 0.3) is 0 Å². The Morgan fingerprint density at radius 3 is 2.78 bits per heavy atom. The van der Waals surface area contributed by atoms with Gasteiger partial charge in [0.2, 0.25) is 0 Å². The molecule has 1 saturated carbocycles. The van der Waals surface area contributed by atoms with Crippen LogP contribution in [-0.2, 0) is 6.54 Å². The smallest absolute Gasteiger partial charge is 0.0396 e. The first-order chi connectivity index (χ1) is 8.92. The summed E-state index contributed by atoms with van der Waals surface area (Å²) in [5.74, 6) is 0.796. The Morgan fingerprint density at radius 1 is 1.06 bits per heavy atom. The third-order valence-corrected chi connectivity index (χ3v) is 4.08. The Bertz CT molecular complexity index is 367. The summed E-state index contributed by atoms with van der Waals surface area (Å²) in [5.41, 5.74) is 11.0. The minimum atomic E-state index is 0.599. The van der Waals surface area contributed by atoms with Crippen molar-refractivity contribution in [1.82, 2.24) is 21.7 Å². The minimum Gasteiger partial charge on any atom is -0.312 e. The fourth-order valence-electron chi connectivity index (χ4n) is 3.02. The van der Waals surface area contributed by atoms with Gasteiger partial charge in [-0.15, -0.1) is 0 Å². The highest BCUT2D eigenvalue weighted by atomic mass is 15.7. The molecule has 1 aromatic carbocycles. The minimum absolute atomic E-state index is 0.599. The molecule has 1 aliphatic carbocycles. The molecule has 2 fully saturated rings. The lowest BCUT2D eigenvalue weighted by atomic mass is 9.83. The molecule has 4 N–H and O–H groups in total. The SMILES string of the molecule is c1ccc(CNCC2CCC3NNNC3C2)cc1. The van der Waals surface area contributed by atoms with E-state index < -0.39 is 0 Å². The summed E-state index contributed by atoms with van der Waals surface area (Å²) in [4.78, 5) is 0. The summed E-state index contributed by atoms with van der Waals surface area (Å²) in [6.45, 7) is 2.11. The van der Waals surface area contributed by atoms with Crippen molar-refractivity contribution in [3.8, 4) is 0 Å². The predicted molar refractivity (Wildman–Crippen MR) is 72.5 cm³/mol. The average molecular weight is 246 g/mol. The van der Waals surface area contributed by atoms with Crippen LogP contribution in [0.1, 0.15) is 24.8 Å². The molecule has 1 heterocycles. The van der Waals surface area contributed by atoms with Crippen LogP contribution in [-0.4, -0.2) is 18.6 Å². The van der Waals surface area contributed by atoms with E-state index in [1.807, 2.05) is 0 Å². The fraction of sp³-hybridized carbons (Fsp3) is 0.571. The van der Waals surface area contributed by atoms with Gasteiger partial charge in [-0.2, -0.15) is 5.53 Å². The van der Waals surface area contributed by atoms with E-state index in [1.165, 1.54) is 24.8 Å². The molecule has 98 valence electrons. The number of hydrazine groups is 2. The Hall–Kier alpha value is -0.940.